The van der Waals surface area contributed by atoms with Gasteiger partial charge in [0.1, 0.15) is 16.8 Å². The lowest BCUT2D eigenvalue weighted by atomic mass is 9.95. The molecule has 1 aliphatic carbocycles. The molecule has 0 spiro atoms. The van der Waals surface area contributed by atoms with Crippen LogP contribution in [0.5, 0.6) is 5.75 Å². The summed E-state index contributed by atoms with van der Waals surface area (Å²) in [5.41, 5.74) is -1.11. The molecular formula is C22H22F3N3O2S. The molecule has 1 heterocycles. The maximum Gasteiger partial charge on any atom is 0.417 e. The van der Waals surface area contributed by atoms with Crippen molar-refractivity contribution in [3.05, 3.63) is 41.5 Å². The largest absolute Gasteiger partial charge is 0.497 e. The van der Waals surface area contributed by atoms with Gasteiger partial charge in [0.05, 0.1) is 29.7 Å². The molecule has 9 heteroatoms. The normalized spacial score (nSPS) is 14.7. The number of hydrogen-bond donors (Lipinski definition) is 1. The fourth-order valence-electron chi connectivity index (χ4n) is 3.52. The van der Waals surface area contributed by atoms with Crippen LogP contribution < -0.4 is 10.1 Å². The van der Waals surface area contributed by atoms with Crippen molar-refractivity contribution in [1.82, 2.24) is 10.3 Å². The van der Waals surface area contributed by atoms with Gasteiger partial charge in [-0.1, -0.05) is 31.0 Å². The van der Waals surface area contributed by atoms with Crippen LogP contribution >= 0.6 is 11.8 Å². The Morgan fingerprint density at radius 1 is 1.26 bits per heavy atom. The number of thioether (sulfide) groups is 1. The van der Waals surface area contributed by atoms with E-state index in [-0.39, 0.29) is 28.4 Å². The van der Waals surface area contributed by atoms with Crippen LogP contribution in [-0.4, -0.2) is 29.8 Å². The summed E-state index contributed by atoms with van der Waals surface area (Å²) in [4.78, 5) is 16.6. The number of carbonyl (C=O) groups is 1. The number of nitriles is 1. The number of nitrogens with zero attached hydrogens (tertiary/aromatic N) is 2. The predicted molar refractivity (Wildman–Crippen MR) is 112 cm³/mol. The fraction of sp³-hybridized carbons (Fsp3) is 0.409. The number of amides is 1. The minimum Gasteiger partial charge on any atom is -0.497 e. The summed E-state index contributed by atoms with van der Waals surface area (Å²) >= 11 is 0.845. The highest BCUT2D eigenvalue weighted by molar-refractivity contribution is 8.00. The first kappa shape index (κ1) is 22.9. The van der Waals surface area contributed by atoms with Crippen LogP contribution in [-0.2, 0) is 11.0 Å². The lowest BCUT2D eigenvalue weighted by Gasteiger charge is -2.22. The molecule has 0 unspecified atom stereocenters. The summed E-state index contributed by atoms with van der Waals surface area (Å²) in [5.74, 6) is 0.176. The molecule has 164 valence electrons. The minimum atomic E-state index is -4.73. The number of benzene rings is 1. The first-order valence-electron chi connectivity index (χ1n) is 9.90. The van der Waals surface area contributed by atoms with Crippen LogP contribution in [0.3, 0.4) is 0 Å². The Balaban J connectivity index is 1.87. The van der Waals surface area contributed by atoms with Crippen LogP contribution in [0.2, 0.25) is 0 Å². The number of alkyl halides is 3. The number of pyridine rings is 1. The third-order valence-electron chi connectivity index (χ3n) is 5.10. The SMILES string of the molecule is COc1ccc(-c2cc(C(F)(F)F)c(C#N)c(SCC(=O)NC3CCCCC3)n2)cc1. The van der Waals surface area contributed by atoms with E-state index in [9.17, 15) is 23.2 Å². The van der Waals surface area contributed by atoms with Gasteiger partial charge in [0, 0.05) is 11.6 Å². The fourth-order valence-corrected chi connectivity index (χ4v) is 4.33. The molecule has 1 saturated carbocycles. The van der Waals surface area contributed by atoms with Gasteiger partial charge in [-0.25, -0.2) is 4.98 Å². The van der Waals surface area contributed by atoms with Gasteiger partial charge in [-0.15, -0.1) is 0 Å². The summed E-state index contributed by atoms with van der Waals surface area (Å²) in [6.45, 7) is 0. The molecule has 1 amide bonds. The standard InChI is InChI=1S/C22H22F3N3O2S/c1-30-16-9-7-14(8-10-16)19-11-18(22(23,24)25)17(12-26)21(28-19)31-13-20(29)27-15-5-3-2-4-6-15/h7-11,15H,2-6,13H2,1H3,(H,27,29). The van der Waals surface area contributed by atoms with E-state index in [0.717, 1.165) is 49.9 Å². The Labute approximate surface area is 183 Å². The Morgan fingerprint density at radius 3 is 2.52 bits per heavy atom. The maximum atomic E-state index is 13.7. The summed E-state index contributed by atoms with van der Waals surface area (Å²) < 4.78 is 46.0. The quantitative estimate of drug-likeness (QED) is 0.615. The van der Waals surface area contributed by atoms with Gasteiger partial charge in [0.25, 0.3) is 0 Å². The van der Waals surface area contributed by atoms with E-state index in [1.165, 1.54) is 7.11 Å². The zero-order valence-electron chi connectivity index (χ0n) is 17.0. The van der Waals surface area contributed by atoms with Crippen LogP contribution in [0, 0.1) is 11.3 Å². The van der Waals surface area contributed by atoms with E-state index < -0.39 is 17.3 Å². The molecule has 0 bridgehead atoms. The second-order valence-electron chi connectivity index (χ2n) is 7.26. The molecule has 1 aromatic carbocycles. The average molecular weight is 449 g/mol. The van der Waals surface area contributed by atoms with Crippen molar-refractivity contribution in [2.75, 3.05) is 12.9 Å². The molecule has 1 aromatic heterocycles. The Bertz CT molecular complexity index is 966. The van der Waals surface area contributed by atoms with Crippen molar-refractivity contribution in [3.8, 4) is 23.1 Å². The van der Waals surface area contributed by atoms with Crippen molar-refractivity contribution in [3.63, 3.8) is 0 Å². The van der Waals surface area contributed by atoms with E-state index in [1.54, 1.807) is 30.3 Å². The van der Waals surface area contributed by atoms with Gasteiger partial charge in [-0.05, 0) is 43.2 Å². The summed E-state index contributed by atoms with van der Waals surface area (Å²) in [5, 5.41) is 12.2. The number of nitrogens with one attached hydrogen (secondary N) is 1. The van der Waals surface area contributed by atoms with Crippen molar-refractivity contribution >= 4 is 17.7 Å². The van der Waals surface area contributed by atoms with Crippen molar-refractivity contribution < 1.29 is 22.7 Å². The number of aromatic nitrogens is 1. The highest BCUT2D eigenvalue weighted by Gasteiger charge is 2.36. The monoisotopic (exact) mass is 449 g/mol. The van der Waals surface area contributed by atoms with E-state index in [4.69, 9.17) is 4.74 Å². The zero-order valence-corrected chi connectivity index (χ0v) is 17.8. The molecule has 31 heavy (non-hydrogen) atoms. The second-order valence-corrected chi connectivity index (χ2v) is 8.23. The first-order chi connectivity index (χ1) is 14.8. The topological polar surface area (TPSA) is 75.0 Å². The van der Waals surface area contributed by atoms with Crippen molar-refractivity contribution in [2.24, 2.45) is 0 Å². The van der Waals surface area contributed by atoms with Crippen LogP contribution in [0.25, 0.3) is 11.3 Å². The Kier molecular flexibility index (Phi) is 7.44. The third-order valence-corrected chi connectivity index (χ3v) is 6.07. The Hall–Kier alpha value is -2.73. The molecule has 1 aliphatic rings. The number of halogens is 3. The van der Waals surface area contributed by atoms with Crippen LogP contribution in [0.4, 0.5) is 13.2 Å². The van der Waals surface area contributed by atoms with Crippen molar-refractivity contribution in [2.45, 2.75) is 49.3 Å². The van der Waals surface area contributed by atoms with E-state index in [0.29, 0.717) is 11.3 Å². The molecule has 2 aromatic rings. The smallest absolute Gasteiger partial charge is 0.417 e. The molecule has 0 aliphatic heterocycles. The molecule has 0 atom stereocenters. The number of ether oxygens (including phenoxy) is 1. The number of hydrogen-bond acceptors (Lipinski definition) is 5. The third kappa shape index (κ3) is 5.91. The Morgan fingerprint density at radius 2 is 1.94 bits per heavy atom. The van der Waals surface area contributed by atoms with E-state index in [2.05, 4.69) is 10.3 Å². The summed E-state index contributed by atoms with van der Waals surface area (Å²) in [7, 11) is 1.49. The van der Waals surface area contributed by atoms with Crippen LogP contribution in [0.15, 0.2) is 35.4 Å². The van der Waals surface area contributed by atoms with Crippen LogP contribution in [0.1, 0.15) is 43.2 Å². The number of carbonyl (C=O) groups excluding carboxylic acids is 1. The number of methoxy groups -OCH3 is 1. The molecule has 1 N–H and O–H groups in total. The lowest BCUT2D eigenvalue weighted by Crippen LogP contribution is -2.37. The van der Waals surface area contributed by atoms with Gasteiger partial charge in [0.15, 0.2) is 0 Å². The van der Waals surface area contributed by atoms with Gasteiger partial charge in [-0.3, -0.25) is 4.79 Å². The lowest BCUT2D eigenvalue weighted by molar-refractivity contribution is -0.138. The minimum absolute atomic E-state index is 0.0733. The molecule has 0 radical (unpaired) electrons. The van der Waals surface area contributed by atoms with Gasteiger partial charge >= 0.3 is 6.18 Å². The predicted octanol–water partition coefficient (Wildman–Crippen LogP) is 5.19. The van der Waals surface area contributed by atoms with Crippen molar-refractivity contribution in [1.29, 1.82) is 5.26 Å². The van der Waals surface area contributed by atoms with E-state index in [1.807, 2.05) is 0 Å². The molecule has 1 fully saturated rings. The summed E-state index contributed by atoms with van der Waals surface area (Å²) in [6, 6.07) is 9.01. The first-order valence-corrected chi connectivity index (χ1v) is 10.9. The highest BCUT2D eigenvalue weighted by Crippen LogP contribution is 2.38. The highest BCUT2D eigenvalue weighted by atomic mass is 32.2. The average Bonchev–Trinajstić information content (AvgIpc) is 2.77. The maximum absolute atomic E-state index is 13.7. The summed E-state index contributed by atoms with van der Waals surface area (Å²) in [6.07, 6.45) is 0.338. The molecule has 3 rings (SSSR count). The molecule has 5 nitrogen and oxygen atoms in total. The number of rotatable bonds is 6. The van der Waals surface area contributed by atoms with Gasteiger partial charge in [0.2, 0.25) is 5.91 Å². The second kappa shape index (κ2) is 10.1. The molecule has 0 saturated heterocycles. The van der Waals surface area contributed by atoms with Gasteiger partial charge in [-0.2, -0.15) is 18.4 Å². The van der Waals surface area contributed by atoms with Gasteiger partial charge < -0.3 is 10.1 Å². The molecular weight excluding hydrogens is 427 g/mol. The van der Waals surface area contributed by atoms with E-state index >= 15 is 0 Å². The zero-order chi connectivity index (χ0) is 22.4.